The third-order valence-electron chi connectivity index (χ3n) is 6.45. The number of fused-ring (bicyclic) bond motifs is 1. The van der Waals surface area contributed by atoms with Crippen LogP contribution >= 0.6 is 0 Å². The van der Waals surface area contributed by atoms with Crippen LogP contribution in [-0.2, 0) is 4.79 Å². The number of Topliss-reactive ketones (excluding diaryl/α,β-unsaturated/α-hetero) is 1. The van der Waals surface area contributed by atoms with Gasteiger partial charge in [0, 0.05) is 35.4 Å². The number of rotatable bonds is 6. The number of aromatic nitrogens is 3. The monoisotopic (exact) mass is 489 g/mol. The van der Waals surface area contributed by atoms with Crippen molar-refractivity contribution in [2.24, 2.45) is 5.41 Å². The smallest absolute Gasteiger partial charge is 0.270 e. The lowest BCUT2D eigenvalue weighted by Gasteiger charge is -2.38. The summed E-state index contributed by atoms with van der Waals surface area (Å²) in [4.78, 5) is 29.0. The Morgan fingerprint density at radius 3 is 2.72 bits per heavy atom. The number of nitro benzene ring substituents is 1. The third-order valence-corrected chi connectivity index (χ3v) is 6.45. The number of hydrogen-bond donors (Lipinski definition) is 1. The Kier molecular flexibility index (Phi) is 5.74. The molecule has 186 valence electrons. The maximum Gasteiger partial charge on any atom is 0.270 e. The van der Waals surface area contributed by atoms with E-state index in [0.29, 0.717) is 53.9 Å². The number of carbonyl (C=O) groups excluding carboxylic acids is 1. The lowest BCUT2D eigenvalue weighted by molar-refractivity contribution is -0.384. The number of ether oxygens (including phenoxy) is 2. The van der Waals surface area contributed by atoms with Gasteiger partial charge in [-0.25, -0.2) is 4.68 Å². The molecule has 2 aromatic carbocycles. The fraction of sp³-hybridized carbons (Fsp3) is 0.346. The molecule has 0 bridgehead atoms. The van der Waals surface area contributed by atoms with E-state index in [2.05, 4.69) is 24.1 Å². The highest BCUT2D eigenvalue weighted by atomic mass is 16.6. The molecule has 0 saturated heterocycles. The number of nitrogens with one attached hydrogen (secondary N) is 1. The fourth-order valence-electron chi connectivity index (χ4n) is 4.93. The highest BCUT2D eigenvalue weighted by Gasteiger charge is 2.42. The number of allylic oxidation sites excluding steroid dienone is 2. The van der Waals surface area contributed by atoms with E-state index in [4.69, 9.17) is 14.6 Å². The van der Waals surface area contributed by atoms with Crippen molar-refractivity contribution in [1.29, 1.82) is 0 Å². The van der Waals surface area contributed by atoms with Crippen molar-refractivity contribution in [2.45, 2.75) is 39.7 Å². The van der Waals surface area contributed by atoms with E-state index in [1.807, 2.05) is 25.1 Å². The van der Waals surface area contributed by atoms with Crippen LogP contribution in [0.25, 0.3) is 11.4 Å². The number of nitro groups is 1. The van der Waals surface area contributed by atoms with E-state index in [0.717, 1.165) is 11.3 Å². The molecule has 1 aromatic heterocycles. The maximum absolute atomic E-state index is 13.5. The molecule has 0 radical (unpaired) electrons. The zero-order valence-electron chi connectivity index (χ0n) is 20.6. The zero-order chi connectivity index (χ0) is 25.6. The molecule has 10 heteroatoms. The molecular formula is C26H27N5O5. The van der Waals surface area contributed by atoms with Gasteiger partial charge in [0.2, 0.25) is 5.95 Å². The number of nitrogens with zero attached hydrogens (tertiary/aromatic N) is 4. The summed E-state index contributed by atoms with van der Waals surface area (Å²) in [5, 5.41) is 19.3. The first kappa shape index (κ1) is 23.5. The average molecular weight is 490 g/mol. The number of hydrogen-bond acceptors (Lipinski definition) is 8. The van der Waals surface area contributed by atoms with E-state index in [1.54, 1.807) is 23.9 Å². The number of carbonyl (C=O) groups is 1. The van der Waals surface area contributed by atoms with Crippen LogP contribution in [0, 0.1) is 15.5 Å². The lowest BCUT2D eigenvalue weighted by Crippen LogP contribution is -2.36. The molecule has 0 spiro atoms. The number of non-ortho nitro benzene ring substituents is 1. The summed E-state index contributed by atoms with van der Waals surface area (Å²) < 4.78 is 12.9. The Hall–Kier alpha value is -4.21. The second-order valence-corrected chi connectivity index (χ2v) is 9.72. The molecular weight excluding hydrogens is 462 g/mol. The summed E-state index contributed by atoms with van der Waals surface area (Å²) in [5.41, 5.74) is 2.53. The largest absolute Gasteiger partial charge is 0.493 e. The molecule has 10 nitrogen and oxygen atoms in total. The summed E-state index contributed by atoms with van der Waals surface area (Å²) in [6, 6.07) is 11.2. The van der Waals surface area contributed by atoms with Gasteiger partial charge in [0.15, 0.2) is 23.1 Å². The van der Waals surface area contributed by atoms with Gasteiger partial charge in [-0.1, -0.05) is 32.0 Å². The minimum Gasteiger partial charge on any atom is -0.493 e. The standard InChI is InChI=1S/C26H27N5O5/c1-5-36-20-10-9-15(12-21(20)35-4)23-22-18(13-26(2,3)14-19(22)32)27-25-28-24(29-30(23)25)16-7-6-8-17(11-16)31(33)34/h6-12,23H,5,13-14H2,1-4H3,(H,27,28,29). The number of methoxy groups -OCH3 is 1. The third kappa shape index (κ3) is 4.08. The zero-order valence-corrected chi connectivity index (χ0v) is 20.6. The number of anilines is 1. The Labute approximate surface area is 208 Å². The highest BCUT2D eigenvalue weighted by Crippen LogP contribution is 2.46. The van der Waals surface area contributed by atoms with E-state index in [-0.39, 0.29) is 16.9 Å². The summed E-state index contributed by atoms with van der Waals surface area (Å²) in [5.74, 6) is 2.01. The van der Waals surface area contributed by atoms with Crippen LogP contribution in [0.3, 0.4) is 0 Å². The molecule has 1 aliphatic heterocycles. The first-order chi connectivity index (χ1) is 17.2. The molecule has 0 fully saturated rings. The predicted molar refractivity (Wildman–Crippen MR) is 133 cm³/mol. The van der Waals surface area contributed by atoms with Crippen LogP contribution in [0.4, 0.5) is 11.6 Å². The summed E-state index contributed by atoms with van der Waals surface area (Å²) in [7, 11) is 1.57. The van der Waals surface area contributed by atoms with Gasteiger partial charge in [-0.05, 0) is 36.5 Å². The molecule has 2 heterocycles. The average Bonchev–Trinajstić information content (AvgIpc) is 3.26. The van der Waals surface area contributed by atoms with Gasteiger partial charge >= 0.3 is 0 Å². The van der Waals surface area contributed by atoms with Gasteiger partial charge in [-0.3, -0.25) is 14.9 Å². The minimum absolute atomic E-state index is 0.0459. The first-order valence-electron chi connectivity index (χ1n) is 11.8. The lowest BCUT2D eigenvalue weighted by atomic mass is 9.73. The summed E-state index contributed by atoms with van der Waals surface area (Å²) in [6.45, 7) is 6.53. The molecule has 1 atom stereocenters. The van der Waals surface area contributed by atoms with Crippen LogP contribution in [0.15, 0.2) is 53.7 Å². The highest BCUT2D eigenvalue weighted by molar-refractivity contribution is 6.00. The molecule has 1 unspecified atom stereocenters. The Morgan fingerprint density at radius 2 is 2.00 bits per heavy atom. The van der Waals surface area contributed by atoms with Crippen molar-refractivity contribution in [2.75, 3.05) is 19.0 Å². The molecule has 1 aliphatic carbocycles. The Morgan fingerprint density at radius 1 is 1.19 bits per heavy atom. The van der Waals surface area contributed by atoms with Crippen LogP contribution in [-0.4, -0.2) is 39.2 Å². The van der Waals surface area contributed by atoms with Crippen molar-refractivity contribution in [3.8, 4) is 22.9 Å². The molecule has 3 aromatic rings. The van der Waals surface area contributed by atoms with Crippen molar-refractivity contribution in [1.82, 2.24) is 14.8 Å². The fourth-order valence-corrected chi connectivity index (χ4v) is 4.93. The van der Waals surface area contributed by atoms with Crippen molar-refractivity contribution in [3.05, 3.63) is 69.4 Å². The van der Waals surface area contributed by atoms with Gasteiger partial charge in [0.05, 0.1) is 18.6 Å². The SMILES string of the molecule is CCOc1ccc(C2C3=C(CC(C)(C)CC3=O)Nc3nc(-c4cccc([N+](=O)[O-])c4)nn32)cc1OC. The van der Waals surface area contributed by atoms with Crippen LogP contribution in [0.1, 0.15) is 45.2 Å². The van der Waals surface area contributed by atoms with Crippen LogP contribution < -0.4 is 14.8 Å². The van der Waals surface area contributed by atoms with E-state index < -0.39 is 11.0 Å². The van der Waals surface area contributed by atoms with Crippen LogP contribution in [0.2, 0.25) is 0 Å². The number of benzene rings is 2. The summed E-state index contributed by atoms with van der Waals surface area (Å²) in [6.07, 6.45) is 1.09. The minimum atomic E-state index is -0.538. The Balaban J connectivity index is 1.67. The second-order valence-electron chi connectivity index (χ2n) is 9.72. The quantitative estimate of drug-likeness (QED) is 0.383. The number of ketones is 1. The van der Waals surface area contributed by atoms with Crippen LogP contribution in [0.5, 0.6) is 11.5 Å². The normalized spacial score (nSPS) is 18.2. The topological polar surface area (TPSA) is 121 Å². The van der Waals surface area contributed by atoms with Gasteiger partial charge in [-0.15, -0.1) is 5.10 Å². The van der Waals surface area contributed by atoms with Crippen molar-refractivity contribution >= 4 is 17.4 Å². The van der Waals surface area contributed by atoms with Crippen molar-refractivity contribution in [3.63, 3.8) is 0 Å². The van der Waals surface area contributed by atoms with E-state index in [9.17, 15) is 14.9 Å². The summed E-state index contributed by atoms with van der Waals surface area (Å²) >= 11 is 0. The molecule has 36 heavy (non-hydrogen) atoms. The molecule has 0 saturated carbocycles. The van der Waals surface area contributed by atoms with Gasteiger partial charge in [-0.2, -0.15) is 4.98 Å². The van der Waals surface area contributed by atoms with Gasteiger partial charge in [0.1, 0.15) is 6.04 Å². The molecule has 2 aliphatic rings. The molecule has 5 rings (SSSR count). The van der Waals surface area contributed by atoms with E-state index >= 15 is 0 Å². The molecule has 1 N–H and O–H groups in total. The Bertz CT molecular complexity index is 1410. The van der Waals surface area contributed by atoms with E-state index in [1.165, 1.54) is 12.1 Å². The van der Waals surface area contributed by atoms with Gasteiger partial charge in [0.25, 0.3) is 5.69 Å². The molecule has 0 amide bonds. The van der Waals surface area contributed by atoms with Crippen molar-refractivity contribution < 1.29 is 19.2 Å². The second kappa shape index (κ2) is 8.78. The predicted octanol–water partition coefficient (Wildman–Crippen LogP) is 4.92. The first-order valence-corrected chi connectivity index (χ1v) is 11.8. The van der Waals surface area contributed by atoms with Gasteiger partial charge < -0.3 is 14.8 Å². The maximum atomic E-state index is 13.5.